The molecule has 0 aromatic heterocycles. The molecule has 0 atom stereocenters. The van der Waals surface area contributed by atoms with E-state index in [2.05, 4.69) is 19.2 Å². The first kappa shape index (κ1) is 8.75. The lowest BCUT2D eigenvalue weighted by Gasteiger charge is -2.23. The molecule has 1 heterocycles. The molecule has 1 aromatic carbocycles. The molecule has 2 rings (SSSR count). The van der Waals surface area contributed by atoms with Gasteiger partial charge in [-0.15, -0.1) is 0 Å². The van der Waals surface area contributed by atoms with Crippen LogP contribution in [0.15, 0.2) is 24.3 Å². The summed E-state index contributed by atoms with van der Waals surface area (Å²) in [5.74, 6) is 1.87. The average molecular weight is 195 g/mol. The minimum Gasteiger partial charge on any atom is -0.424 e. The summed E-state index contributed by atoms with van der Waals surface area (Å²) in [5, 5.41) is 3.45. The first-order valence-corrected chi connectivity index (χ1v) is 5.25. The van der Waals surface area contributed by atoms with Crippen LogP contribution in [-0.4, -0.2) is 11.3 Å². The summed E-state index contributed by atoms with van der Waals surface area (Å²) in [7, 11) is 0. The zero-order valence-electron chi connectivity index (χ0n) is 7.83. The van der Waals surface area contributed by atoms with Crippen LogP contribution in [0.2, 0.25) is 0 Å². The van der Waals surface area contributed by atoms with Crippen LogP contribution in [0.25, 0.3) is 0 Å². The molecule has 3 heteroatoms. The van der Waals surface area contributed by atoms with Gasteiger partial charge in [-0.1, -0.05) is 12.1 Å². The first-order chi connectivity index (χ1) is 6.17. The van der Waals surface area contributed by atoms with Crippen LogP contribution in [0.1, 0.15) is 13.8 Å². The van der Waals surface area contributed by atoms with E-state index in [9.17, 15) is 0 Å². The van der Waals surface area contributed by atoms with Gasteiger partial charge < -0.3 is 9.50 Å². The predicted molar refractivity (Wildman–Crippen MR) is 57.2 cm³/mol. The van der Waals surface area contributed by atoms with Crippen LogP contribution in [0.4, 0.5) is 5.69 Å². The van der Waals surface area contributed by atoms with Gasteiger partial charge >= 0.3 is 0 Å². The number of hydrogen-bond acceptors (Lipinski definition) is 3. The van der Waals surface area contributed by atoms with Crippen molar-refractivity contribution in [3.8, 4) is 5.75 Å². The lowest BCUT2D eigenvalue weighted by molar-refractivity contribution is 0.635. The number of anilines is 1. The van der Waals surface area contributed by atoms with Gasteiger partial charge in [0, 0.05) is 5.54 Å². The van der Waals surface area contributed by atoms with Crippen molar-refractivity contribution >= 4 is 17.7 Å². The normalized spacial score (nSPS) is 19.2. The van der Waals surface area contributed by atoms with Crippen molar-refractivity contribution in [3.63, 3.8) is 0 Å². The van der Waals surface area contributed by atoms with Gasteiger partial charge in [-0.25, -0.2) is 0 Å². The SMILES string of the molecule is CC1(C)CSOc2ccccc2N1. The predicted octanol–water partition coefficient (Wildman–Crippen LogP) is 2.92. The van der Waals surface area contributed by atoms with Gasteiger partial charge in [0.25, 0.3) is 0 Å². The van der Waals surface area contributed by atoms with E-state index in [0.29, 0.717) is 0 Å². The Morgan fingerprint density at radius 1 is 1.38 bits per heavy atom. The Labute approximate surface area is 82.9 Å². The fourth-order valence-electron chi connectivity index (χ4n) is 1.28. The lowest BCUT2D eigenvalue weighted by atomic mass is 10.1. The van der Waals surface area contributed by atoms with E-state index in [0.717, 1.165) is 17.2 Å². The van der Waals surface area contributed by atoms with Crippen LogP contribution < -0.4 is 9.50 Å². The van der Waals surface area contributed by atoms with E-state index in [4.69, 9.17) is 4.18 Å². The molecule has 1 aliphatic heterocycles. The minimum absolute atomic E-state index is 0.0945. The highest BCUT2D eigenvalue weighted by molar-refractivity contribution is 7.95. The minimum atomic E-state index is 0.0945. The second-order valence-electron chi connectivity index (χ2n) is 3.85. The van der Waals surface area contributed by atoms with E-state index in [-0.39, 0.29) is 5.54 Å². The van der Waals surface area contributed by atoms with E-state index in [1.807, 2.05) is 24.3 Å². The molecule has 0 amide bonds. The number of benzene rings is 1. The Balaban J connectivity index is 2.34. The number of fused-ring (bicyclic) bond motifs is 1. The molecule has 0 fully saturated rings. The topological polar surface area (TPSA) is 21.3 Å². The molecule has 13 heavy (non-hydrogen) atoms. The quantitative estimate of drug-likeness (QED) is 0.643. The molecule has 0 saturated heterocycles. The summed E-state index contributed by atoms with van der Waals surface area (Å²) in [4.78, 5) is 0. The third-order valence-corrected chi connectivity index (χ3v) is 3.07. The van der Waals surface area contributed by atoms with Crippen LogP contribution in [0, 0.1) is 0 Å². The highest BCUT2D eigenvalue weighted by atomic mass is 32.2. The summed E-state index contributed by atoms with van der Waals surface area (Å²) >= 11 is 1.50. The third-order valence-electron chi connectivity index (χ3n) is 1.93. The monoisotopic (exact) mass is 195 g/mol. The molecule has 1 aliphatic rings. The average Bonchev–Trinajstić information content (AvgIpc) is 2.21. The maximum Gasteiger partial charge on any atom is 0.160 e. The summed E-state index contributed by atoms with van der Waals surface area (Å²) < 4.78 is 5.54. The molecule has 0 unspecified atom stereocenters. The molecule has 0 radical (unpaired) electrons. The molecule has 2 nitrogen and oxygen atoms in total. The molecule has 0 aliphatic carbocycles. The van der Waals surface area contributed by atoms with Gasteiger partial charge in [0.1, 0.15) is 0 Å². The summed E-state index contributed by atoms with van der Waals surface area (Å²) in [6.07, 6.45) is 0. The van der Waals surface area contributed by atoms with Crippen LogP contribution in [-0.2, 0) is 0 Å². The first-order valence-electron chi connectivity index (χ1n) is 4.34. The number of hydrogen-bond donors (Lipinski definition) is 1. The fraction of sp³-hybridized carbons (Fsp3) is 0.400. The van der Waals surface area contributed by atoms with Crippen LogP contribution in [0.5, 0.6) is 5.75 Å². The molecule has 0 spiro atoms. The zero-order chi connectivity index (χ0) is 9.31. The van der Waals surface area contributed by atoms with E-state index < -0.39 is 0 Å². The zero-order valence-corrected chi connectivity index (χ0v) is 8.65. The smallest absolute Gasteiger partial charge is 0.160 e. The van der Waals surface area contributed by atoms with Gasteiger partial charge in [0.15, 0.2) is 5.75 Å². The van der Waals surface area contributed by atoms with Crippen molar-refractivity contribution in [1.82, 2.24) is 0 Å². The van der Waals surface area contributed by atoms with Gasteiger partial charge in [-0.05, 0) is 26.0 Å². The largest absolute Gasteiger partial charge is 0.424 e. The summed E-state index contributed by atoms with van der Waals surface area (Å²) in [5.41, 5.74) is 1.18. The van der Waals surface area contributed by atoms with Gasteiger partial charge in [-0.3, -0.25) is 0 Å². The Bertz CT molecular complexity index is 312. The standard InChI is InChI=1S/C10H13NOS/c1-10(2)7-13-12-9-6-4-3-5-8(9)11-10/h3-6,11H,7H2,1-2H3. The molecule has 1 aromatic rings. The maximum atomic E-state index is 5.54. The number of nitrogens with one attached hydrogen (secondary N) is 1. The van der Waals surface area contributed by atoms with Crippen molar-refractivity contribution in [2.45, 2.75) is 19.4 Å². The molecular formula is C10H13NOS. The molecule has 0 bridgehead atoms. The van der Waals surface area contributed by atoms with Gasteiger partial charge in [0.2, 0.25) is 0 Å². The van der Waals surface area contributed by atoms with Crippen LogP contribution >= 0.6 is 12.0 Å². The third kappa shape index (κ3) is 1.91. The van der Waals surface area contributed by atoms with E-state index in [1.54, 1.807) is 0 Å². The molecule has 0 saturated carbocycles. The van der Waals surface area contributed by atoms with Crippen molar-refractivity contribution < 1.29 is 4.18 Å². The number of para-hydroxylation sites is 2. The van der Waals surface area contributed by atoms with Crippen molar-refractivity contribution in [1.29, 1.82) is 0 Å². The Morgan fingerprint density at radius 2 is 2.15 bits per heavy atom. The Kier molecular flexibility index (Phi) is 2.12. The maximum absolute atomic E-state index is 5.54. The van der Waals surface area contributed by atoms with E-state index >= 15 is 0 Å². The second kappa shape index (κ2) is 3.14. The van der Waals surface area contributed by atoms with Crippen molar-refractivity contribution in [2.24, 2.45) is 0 Å². The lowest BCUT2D eigenvalue weighted by Crippen LogP contribution is -2.32. The second-order valence-corrected chi connectivity index (χ2v) is 4.54. The number of rotatable bonds is 0. The molecule has 70 valence electrons. The Morgan fingerprint density at radius 3 is 3.00 bits per heavy atom. The van der Waals surface area contributed by atoms with Gasteiger partial charge in [-0.2, -0.15) is 0 Å². The highest BCUT2D eigenvalue weighted by Crippen LogP contribution is 2.34. The summed E-state index contributed by atoms with van der Waals surface area (Å²) in [6.45, 7) is 4.34. The Hall–Kier alpha value is -0.830. The van der Waals surface area contributed by atoms with E-state index in [1.165, 1.54) is 12.0 Å². The fourth-order valence-corrected chi connectivity index (χ4v) is 1.98. The van der Waals surface area contributed by atoms with Gasteiger partial charge in [0.05, 0.1) is 23.5 Å². The van der Waals surface area contributed by atoms with Crippen molar-refractivity contribution in [3.05, 3.63) is 24.3 Å². The molecular weight excluding hydrogens is 182 g/mol. The molecule has 1 N–H and O–H groups in total. The van der Waals surface area contributed by atoms with Crippen LogP contribution in [0.3, 0.4) is 0 Å². The van der Waals surface area contributed by atoms with Crippen molar-refractivity contribution in [2.75, 3.05) is 11.1 Å². The highest BCUT2D eigenvalue weighted by Gasteiger charge is 2.23. The summed E-state index contributed by atoms with van der Waals surface area (Å²) in [6, 6.07) is 8.03.